The van der Waals surface area contributed by atoms with Crippen molar-refractivity contribution in [2.75, 3.05) is 10.0 Å². The Morgan fingerprint density at radius 3 is 1.83 bits per heavy atom. The number of para-hydroxylation sites is 2. The maximum absolute atomic E-state index is 13.6. The van der Waals surface area contributed by atoms with Gasteiger partial charge in [-0.1, -0.05) is 91.0 Å². The average molecular weight is 475 g/mol. The molecule has 4 aromatic carbocycles. The van der Waals surface area contributed by atoms with Gasteiger partial charge in [-0.3, -0.25) is 4.79 Å². The SMILES string of the molecule is CC1=NN(c2ccccc2)[C@@]2(SC(C(=O)c3ccccc3)=NN2c2ccccc2)c2ccccc21. The summed E-state index contributed by atoms with van der Waals surface area (Å²) in [6.07, 6.45) is 0. The summed E-state index contributed by atoms with van der Waals surface area (Å²) in [6.45, 7) is 2.02. The lowest BCUT2D eigenvalue weighted by Crippen LogP contribution is -2.53. The van der Waals surface area contributed by atoms with Crippen molar-refractivity contribution in [1.82, 2.24) is 0 Å². The number of hydrogen-bond acceptors (Lipinski definition) is 6. The second-order valence-corrected chi connectivity index (χ2v) is 9.50. The van der Waals surface area contributed by atoms with Crippen LogP contribution < -0.4 is 10.0 Å². The van der Waals surface area contributed by atoms with E-state index in [1.54, 1.807) is 0 Å². The van der Waals surface area contributed by atoms with Gasteiger partial charge >= 0.3 is 0 Å². The molecule has 0 amide bonds. The van der Waals surface area contributed by atoms with Crippen LogP contribution in [0.5, 0.6) is 0 Å². The smallest absolute Gasteiger partial charge is 0.234 e. The third-order valence-corrected chi connectivity index (χ3v) is 7.46. The Bertz CT molecular complexity index is 1450. The number of anilines is 2. The highest BCUT2D eigenvalue weighted by Crippen LogP contribution is 2.54. The molecule has 2 aliphatic heterocycles. The van der Waals surface area contributed by atoms with E-state index >= 15 is 0 Å². The molecule has 5 nitrogen and oxygen atoms in total. The Hall–Kier alpha value is -4.16. The number of hydrazone groups is 2. The van der Waals surface area contributed by atoms with E-state index in [-0.39, 0.29) is 5.78 Å². The summed E-state index contributed by atoms with van der Waals surface area (Å²) in [7, 11) is 0. The number of hydrogen-bond donors (Lipinski definition) is 0. The van der Waals surface area contributed by atoms with Crippen LogP contribution in [-0.2, 0) is 4.99 Å². The van der Waals surface area contributed by atoms with Gasteiger partial charge in [0.25, 0.3) is 0 Å². The van der Waals surface area contributed by atoms with Crippen molar-refractivity contribution in [3.63, 3.8) is 0 Å². The van der Waals surface area contributed by atoms with E-state index in [0.29, 0.717) is 10.6 Å². The van der Waals surface area contributed by atoms with Crippen molar-refractivity contribution < 1.29 is 4.79 Å². The van der Waals surface area contributed by atoms with Crippen LogP contribution >= 0.6 is 11.8 Å². The van der Waals surface area contributed by atoms with Gasteiger partial charge in [-0.15, -0.1) is 0 Å². The predicted molar refractivity (Wildman–Crippen MR) is 144 cm³/mol. The number of rotatable bonds is 4. The van der Waals surface area contributed by atoms with E-state index in [1.165, 1.54) is 11.8 Å². The molecule has 2 heterocycles. The molecule has 2 aliphatic rings. The van der Waals surface area contributed by atoms with Crippen molar-refractivity contribution in [1.29, 1.82) is 0 Å². The van der Waals surface area contributed by atoms with Gasteiger partial charge in [-0.2, -0.15) is 10.2 Å². The highest BCUT2D eigenvalue weighted by molar-refractivity contribution is 8.17. The molecule has 1 spiro atoms. The molecule has 6 rings (SSSR count). The van der Waals surface area contributed by atoms with Gasteiger partial charge in [0.2, 0.25) is 10.8 Å². The Morgan fingerprint density at radius 2 is 1.20 bits per heavy atom. The Kier molecular flexibility index (Phi) is 5.23. The van der Waals surface area contributed by atoms with Gasteiger partial charge in [0.05, 0.1) is 17.1 Å². The number of carbonyl (C=O) groups excluding carboxylic acids is 1. The van der Waals surface area contributed by atoms with Crippen LogP contribution in [0.2, 0.25) is 0 Å². The first kappa shape index (κ1) is 21.4. The molecule has 0 bridgehead atoms. The minimum absolute atomic E-state index is 0.106. The third kappa shape index (κ3) is 3.45. The van der Waals surface area contributed by atoms with Crippen LogP contribution in [0.4, 0.5) is 11.4 Å². The van der Waals surface area contributed by atoms with E-state index in [2.05, 4.69) is 12.1 Å². The van der Waals surface area contributed by atoms with Gasteiger partial charge in [0.1, 0.15) is 0 Å². The van der Waals surface area contributed by atoms with Crippen LogP contribution in [0.1, 0.15) is 28.4 Å². The molecule has 0 saturated heterocycles. The summed E-state index contributed by atoms with van der Waals surface area (Å²) in [5.74, 6) is -0.106. The Morgan fingerprint density at radius 1 is 0.686 bits per heavy atom. The number of carbonyl (C=O) groups is 1. The second-order valence-electron chi connectivity index (χ2n) is 8.34. The van der Waals surface area contributed by atoms with Gasteiger partial charge in [-0.05, 0) is 43.0 Å². The summed E-state index contributed by atoms with van der Waals surface area (Å²) in [4.78, 5) is 12.7. The number of ketones is 1. The molecule has 0 aliphatic carbocycles. The molecule has 35 heavy (non-hydrogen) atoms. The lowest BCUT2D eigenvalue weighted by atomic mass is 9.98. The predicted octanol–water partition coefficient (Wildman–Crippen LogP) is 6.49. The number of fused-ring (bicyclic) bond motifs is 2. The van der Waals surface area contributed by atoms with Crippen LogP contribution in [0.3, 0.4) is 0 Å². The molecule has 0 fully saturated rings. The lowest BCUT2D eigenvalue weighted by molar-refractivity contribution is 0.106. The molecule has 0 N–H and O–H groups in total. The van der Waals surface area contributed by atoms with Crippen LogP contribution in [-0.4, -0.2) is 16.5 Å². The molecule has 170 valence electrons. The van der Waals surface area contributed by atoms with Gasteiger partial charge in [0.15, 0.2) is 5.04 Å². The maximum atomic E-state index is 13.6. The van der Waals surface area contributed by atoms with E-state index in [0.717, 1.165) is 28.2 Å². The third-order valence-electron chi connectivity index (χ3n) is 6.15. The van der Waals surface area contributed by atoms with Crippen LogP contribution in [0.25, 0.3) is 0 Å². The zero-order chi connectivity index (χ0) is 23.8. The first-order chi connectivity index (χ1) is 17.2. The van der Waals surface area contributed by atoms with Crippen molar-refractivity contribution >= 4 is 39.7 Å². The summed E-state index contributed by atoms with van der Waals surface area (Å²) in [6, 6.07) is 37.6. The zero-order valence-electron chi connectivity index (χ0n) is 19.1. The lowest BCUT2D eigenvalue weighted by Gasteiger charge is -2.46. The molecule has 0 saturated carbocycles. The maximum Gasteiger partial charge on any atom is 0.234 e. The highest BCUT2D eigenvalue weighted by Gasteiger charge is 2.55. The van der Waals surface area contributed by atoms with Crippen molar-refractivity contribution in [2.45, 2.75) is 11.9 Å². The fraction of sp³-hybridized carbons (Fsp3) is 0.0690. The highest BCUT2D eigenvalue weighted by atomic mass is 32.2. The molecule has 0 unspecified atom stereocenters. The Labute approximate surface area is 208 Å². The van der Waals surface area contributed by atoms with Crippen molar-refractivity contribution in [3.05, 3.63) is 132 Å². The largest absolute Gasteiger partial charge is 0.286 e. The second kappa shape index (κ2) is 8.56. The average Bonchev–Trinajstić information content (AvgIpc) is 3.33. The standard InChI is InChI=1S/C29H22N4OS/c1-21-25-19-11-12-20-26(25)29(32(30-21)23-15-7-3-8-16-23)33(24-17-9-4-10-18-24)31-28(35-29)27(34)22-13-5-2-6-14-22/h2-20H,1H3/t29-/m0/s1. The number of benzene rings is 4. The molecule has 4 aromatic rings. The van der Waals surface area contributed by atoms with E-state index in [1.807, 2.05) is 120 Å². The van der Waals surface area contributed by atoms with Crippen molar-refractivity contribution in [3.8, 4) is 0 Å². The fourth-order valence-corrected chi connectivity index (χ4v) is 5.89. The topological polar surface area (TPSA) is 48.3 Å². The first-order valence-corrected chi connectivity index (χ1v) is 12.2. The minimum atomic E-state index is -0.918. The van der Waals surface area contributed by atoms with Gasteiger partial charge < -0.3 is 0 Å². The van der Waals surface area contributed by atoms with Crippen LogP contribution in [0.15, 0.2) is 125 Å². The molecule has 1 atom stereocenters. The molecular formula is C29H22N4OS. The number of nitrogens with zero attached hydrogens (tertiary/aromatic N) is 4. The quantitative estimate of drug-likeness (QED) is 0.317. The number of thioether (sulfide) groups is 1. The molecule has 6 heteroatoms. The molecule has 0 radical (unpaired) electrons. The summed E-state index contributed by atoms with van der Waals surface area (Å²) in [5, 5.41) is 14.4. The van der Waals surface area contributed by atoms with Crippen LogP contribution in [0, 0.1) is 0 Å². The minimum Gasteiger partial charge on any atom is -0.286 e. The van der Waals surface area contributed by atoms with Gasteiger partial charge in [-0.25, -0.2) is 10.0 Å². The Balaban J connectivity index is 1.60. The van der Waals surface area contributed by atoms with E-state index in [4.69, 9.17) is 10.2 Å². The van der Waals surface area contributed by atoms with Crippen molar-refractivity contribution in [2.24, 2.45) is 10.2 Å². The van der Waals surface area contributed by atoms with Gasteiger partial charge in [0, 0.05) is 16.7 Å². The normalized spacial score (nSPS) is 18.8. The fourth-order valence-electron chi connectivity index (χ4n) is 4.54. The van der Waals surface area contributed by atoms with E-state index in [9.17, 15) is 4.79 Å². The molecule has 0 aromatic heterocycles. The first-order valence-electron chi connectivity index (χ1n) is 11.4. The summed E-state index contributed by atoms with van der Waals surface area (Å²) in [5.41, 5.74) is 5.38. The number of Topliss-reactive ketones (excluding diaryl/α,β-unsaturated/α-hetero) is 1. The summed E-state index contributed by atoms with van der Waals surface area (Å²) < 4.78 is 0. The van der Waals surface area contributed by atoms with E-state index < -0.39 is 4.99 Å². The summed E-state index contributed by atoms with van der Waals surface area (Å²) >= 11 is 1.43. The monoisotopic (exact) mass is 474 g/mol. The molecular weight excluding hydrogens is 452 g/mol. The zero-order valence-corrected chi connectivity index (χ0v) is 19.9.